The van der Waals surface area contributed by atoms with E-state index >= 15 is 0 Å². The Balaban J connectivity index is 0.000000461. The monoisotopic (exact) mass is 223 g/mol. The van der Waals surface area contributed by atoms with Gasteiger partial charge in [0.05, 0.1) is 6.54 Å². The van der Waals surface area contributed by atoms with E-state index in [1.807, 2.05) is 18.7 Å². The van der Waals surface area contributed by atoms with E-state index in [9.17, 15) is 8.78 Å². The first-order valence-corrected chi connectivity index (χ1v) is 5.95. The number of thiol groups is 1. The molecule has 2 heterocycles. The summed E-state index contributed by atoms with van der Waals surface area (Å²) in [6.45, 7) is 4.78. The minimum atomic E-state index is -2.47. The molecule has 2 aliphatic rings. The van der Waals surface area contributed by atoms with Gasteiger partial charge >= 0.3 is 0 Å². The Morgan fingerprint density at radius 2 is 2.00 bits per heavy atom. The van der Waals surface area contributed by atoms with Crippen molar-refractivity contribution in [3.63, 3.8) is 0 Å². The Morgan fingerprint density at radius 1 is 1.36 bits per heavy atom. The lowest BCUT2D eigenvalue weighted by atomic mass is 9.95. The van der Waals surface area contributed by atoms with E-state index < -0.39 is 5.92 Å². The van der Waals surface area contributed by atoms with Crippen molar-refractivity contribution in [2.45, 2.75) is 44.6 Å². The van der Waals surface area contributed by atoms with Crippen LogP contribution in [0, 0.1) is 0 Å². The molecule has 0 aliphatic carbocycles. The van der Waals surface area contributed by atoms with Crippen molar-refractivity contribution in [1.29, 1.82) is 0 Å². The van der Waals surface area contributed by atoms with E-state index in [1.165, 1.54) is 0 Å². The second kappa shape index (κ2) is 4.35. The van der Waals surface area contributed by atoms with Crippen molar-refractivity contribution >= 4 is 12.6 Å². The number of rotatable bonds is 1. The van der Waals surface area contributed by atoms with Gasteiger partial charge in [-0.05, 0) is 19.4 Å². The molecule has 2 fully saturated rings. The molecular formula is C10H19F2NS. The lowest BCUT2D eigenvalue weighted by Gasteiger charge is -2.28. The Labute approximate surface area is 90.3 Å². The van der Waals surface area contributed by atoms with Crippen LogP contribution in [0.2, 0.25) is 0 Å². The number of alkyl halides is 2. The molecule has 14 heavy (non-hydrogen) atoms. The van der Waals surface area contributed by atoms with Gasteiger partial charge in [0.15, 0.2) is 0 Å². The van der Waals surface area contributed by atoms with Gasteiger partial charge < -0.3 is 0 Å². The Bertz CT molecular complexity index is 199. The van der Waals surface area contributed by atoms with E-state index in [2.05, 4.69) is 12.6 Å². The highest BCUT2D eigenvalue weighted by molar-refractivity contribution is 7.80. The first-order chi connectivity index (χ1) is 6.58. The van der Waals surface area contributed by atoms with E-state index in [1.54, 1.807) is 0 Å². The van der Waals surface area contributed by atoms with Gasteiger partial charge in [-0.3, -0.25) is 4.90 Å². The van der Waals surface area contributed by atoms with Gasteiger partial charge in [-0.15, -0.1) is 0 Å². The third-order valence-electron chi connectivity index (χ3n) is 3.05. The lowest BCUT2D eigenvalue weighted by Crippen LogP contribution is -2.39. The molecule has 0 radical (unpaired) electrons. The van der Waals surface area contributed by atoms with Gasteiger partial charge in [0.2, 0.25) is 0 Å². The predicted molar refractivity (Wildman–Crippen MR) is 58.3 cm³/mol. The van der Waals surface area contributed by atoms with E-state index in [0.29, 0.717) is 5.75 Å². The van der Waals surface area contributed by atoms with E-state index in [-0.39, 0.29) is 18.5 Å². The van der Waals surface area contributed by atoms with Crippen LogP contribution in [-0.2, 0) is 0 Å². The molecule has 4 heteroatoms. The average Bonchev–Trinajstić information content (AvgIpc) is 2.61. The maximum atomic E-state index is 13.0. The fourth-order valence-corrected chi connectivity index (χ4v) is 2.96. The van der Waals surface area contributed by atoms with Gasteiger partial charge in [-0.2, -0.15) is 12.6 Å². The Hall–Kier alpha value is 0.170. The van der Waals surface area contributed by atoms with Crippen molar-refractivity contribution in [2.24, 2.45) is 0 Å². The maximum absolute atomic E-state index is 13.0. The van der Waals surface area contributed by atoms with Gasteiger partial charge in [-0.1, -0.05) is 13.8 Å². The summed E-state index contributed by atoms with van der Waals surface area (Å²) in [5.41, 5.74) is -0.271. The SMILES string of the molecule is CC.FC1(F)CN2CCCC2(CS)C1. The molecular weight excluding hydrogens is 204 g/mol. The lowest BCUT2D eigenvalue weighted by molar-refractivity contribution is 0.00995. The molecule has 0 bridgehead atoms. The van der Waals surface area contributed by atoms with Crippen LogP contribution < -0.4 is 0 Å². The largest absolute Gasteiger partial charge is 0.291 e. The molecule has 2 rings (SSSR count). The van der Waals surface area contributed by atoms with Gasteiger partial charge in [0.25, 0.3) is 5.92 Å². The molecule has 0 amide bonds. The molecule has 2 saturated heterocycles. The highest BCUT2D eigenvalue weighted by Gasteiger charge is 2.55. The van der Waals surface area contributed by atoms with Crippen LogP contribution in [0.25, 0.3) is 0 Å². The van der Waals surface area contributed by atoms with Crippen LogP contribution in [0.4, 0.5) is 8.78 Å². The van der Waals surface area contributed by atoms with Crippen LogP contribution >= 0.6 is 12.6 Å². The topological polar surface area (TPSA) is 3.24 Å². The molecule has 1 nitrogen and oxygen atoms in total. The van der Waals surface area contributed by atoms with Crippen molar-refractivity contribution in [2.75, 3.05) is 18.8 Å². The molecule has 0 saturated carbocycles. The Morgan fingerprint density at radius 3 is 2.50 bits per heavy atom. The fourth-order valence-electron chi connectivity index (χ4n) is 2.49. The summed E-state index contributed by atoms with van der Waals surface area (Å²) >= 11 is 4.18. The minimum Gasteiger partial charge on any atom is -0.291 e. The molecule has 0 N–H and O–H groups in total. The van der Waals surface area contributed by atoms with Crippen molar-refractivity contribution in [3.8, 4) is 0 Å². The Kier molecular flexibility index (Phi) is 3.81. The van der Waals surface area contributed by atoms with Crippen LogP contribution in [0.1, 0.15) is 33.1 Å². The first kappa shape index (κ1) is 12.2. The minimum absolute atomic E-state index is 0.0174. The summed E-state index contributed by atoms with van der Waals surface area (Å²) in [6.07, 6.45) is 1.96. The summed E-state index contributed by atoms with van der Waals surface area (Å²) in [5, 5.41) is 0. The zero-order valence-corrected chi connectivity index (χ0v) is 9.79. The third kappa shape index (κ3) is 2.06. The van der Waals surface area contributed by atoms with Crippen molar-refractivity contribution in [3.05, 3.63) is 0 Å². The molecule has 0 aromatic heterocycles. The molecule has 1 atom stereocenters. The maximum Gasteiger partial charge on any atom is 0.262 e. The number of hydrogen-bond acceptors (Lipinski definition) is 2. The summed E-state index contributed by atoms with van der Waals surface area (Å²) in [4.78, 5) is 1.92. The number of fused-ring (bicyclic) bond motifs is 1. The fraction of sp³-hybridized carbons (Fsp3) is 1.00. The molecule has 84 valence electrons. The van der Waals surface area contributed by atoms with Gasteiger partial charge in [0, 0.05) is 17.7 Å². The van der Waals surface area contributed by atoms with Crippen molar-refractivity contribution in [1.82, 2.24) is 4.90 Å². The van der Waals surface area contributed by atoms with Crippen LogP contribution in [0.15, 0.2) is 0 Å². The molecule has 0 spiro atoms. The molecule has 0 aromatic carbocycles. The van der Waals surface area contributed by atoms with Crippen LogP contribution in [-0.4, -0.2) is 35.2 Å². The highest BCUT2D eigenvalue weighted by atomic mass is 32.1. The highest BCUT2D eigenvalue weighted by Crippen LogP contribution is 2.46. The third-order valence-corrected chi connectivity index (χ3v) is 3.63. The summed E-state index contributed by atoms with van der Waals surface area (Å²) in [6, 6.07) is 0. The van der Waals surface area contributed by atoms with Gasteiger partial charge in [0.1, 0.15) is 0 Å². The van der Waals surface area contributed by atoms with Crippen LogP contribution in [0.3, 0.4) is 0 Å². The summed E-state index contributed by atoms with van der Waals surface area (Å²) in [5.74, 6) is -1.90. The first-order valence-electron chi connectivity index (χ1n) is 5.32. The quantitative estimate of drug-likeness (QED) is 0.669. The average molecular weight is 223 g/mol. The van der Waals surface area contributed by atoms with Crippen LogP contribution in [0.5, 0.6) is 0 Å². The van der Waals surface area contributed by atoms with E-state index in [0.717, 1.165) is 19.4 Å². The second-order valence-electron chi connectivity index (χ2n) is 3.94. The predicted octanol–water partition coefficient (Wildman–Crippen LogP) is 2.82. The number of hydrogen-bond donors (Lipinski definition) is 1. The molecule has 2 aliphatic heterocycles. The standard InChI is InChI=1S/C8H13F2NS.C2H6/c9-8(10)4-7(6-12)2-1-3-11(7)5-8;1-2/h12H,1-6H2;1-2H3. The number of nitrogens with zero attached hydrogens (tertiary/aromatic N) is 1. The zero-order valence-electron chi connectivity index (χ0n) is 8.89. The number of halogens is 2. The normalized spacial score (nSPS) is 34.9. The van der Waals surface area contributed by atoms with Crippen molar-refractivity contribution < 1.29 is 8.78 Å². The zero-order chi connectivity index (χ0) is 10.8. The van der Waals surface area contributed by atoms with Gasteiger partial charge in [-0.25, -0.2) is 8.78 Å². The molecule has 0 aromatic rings. The smallest absolute Gasteiger partial charge is 0.262 e. The summed E-state index contributed by atoms with van der Waals surface area (Å²) in [7, 11) is 0. The second-order valence-corrected chi connectivity index (χ2v) is 4.26. The van der Waals surface area contributed by atoms with E-state index in [4.69, 9.17) is 0 Å². The summed E-state index contributed by atoms with van der Waals surface area (Å²) < 4.78 is 26.0. The molecule has 1 unspecified atom stereocenters.